The van der Waals surface area contributed by atoms with Gasteiger partial charge in [-0.05, 0) is 19.8 Å². The third kappa shape index (κ3) is 3.85. The lowest BCUT2D eigenvalue weighted by atomic mass is 9.91. The van der Waals surface area contributed by atoms with Crippen molar-refractivity contribution in [3.05, 3.63) is 16.1 Å². The fourth-order valence-corrected chi connectivity index (χ4v) is 3.83. The lowest BCUT2D eigenvalue weighted by Crippen LogP contribution is -2.62. The summed E-state index contributed by atoms with van der Waals surface area (Å²) in [6, 6.07) is 0.617. The van der Waals surface area contributed by atoms with Crippen LogP contribution in [0, 0.1) is 0 Å². The van der Waals surface area contributed by atoms with E-state index in [0.29, 0.717) is 6.04 Å². The Bertz CT molecular complexity index is 463. The van der Waals surface area contributed by atoms with Gasteiger partial charge in [-0.2, -0.15) is 0 Å². The highest BCUT2D eigenvalue weighted by molar-refractivity contribution is 7.09. The van der Waals surface area contributed by atoms with Gasteiger partial charge in [0.05, 0.1) is 12.2 Å². The van der Waals surface area contributed by atoms with E-state index in [1.54, 1.807) is 0 Å². The maximum atomic E-state index is 4.88. The van der Waals surface area contributed by atoms with Gasteiger partial charge in [0, 0.05) is 35.5 Å². The molecule has 1 aliphatic rings. The van der Waals surface area contributed by atoms with Crippen LogP contribution in [-0.2, 0) is 12.0 Å². The van der Waals surface area contributed by atoms with Crippen LogP contribution >= 0.6 is 11.3 Å². The summed E-state index contributed by atoms with van der Waals surface area (Å²) in [6.07, 6.45) is 2.37. The maximum Gasteiger partial charge on any atom is 0.107 e. The van der Waals surface area contributed by atoms with E-state index in [1.165, 1.54) is 23.5 Å². The molecular formula is C17H31N3S. The second kappa shape index (κ2) is 6.35. The fourth-order valence-electron chi connectivity index (χ4n) is 2.80. The smallest absolute Gasteiger partial charge is 0.107 e. The predicted octanol–water partition coefficient (Wildman–Crippen LogP) is 3.79. The molecule has 1 aromatic rings. The molecule has 0 bridgehead atoms. The molecule has 1 saturated heterocycles. The van der Waals surface area contributed by atoms with Gasteiger partial charge >= 0.3 is 0 Å². The summed E-state index contributed by atoms with van der Waals surface area (Å²) in [4.78, 5) is 7.52. The number of nitrogens with one attached hydrogen (secondary N) is 1. The van der Waals surface area contributed by atoms with Gasteiger partial charge in [-0.1, -0.05) is 34.6 Å². The molecule has 2 unspecified atom stereocenters. The minimum atomic E-state index is 0.151. The Balaban J connectivity index is 2.13. The molecule has 1 fully saturated rings. The van der Waals surface area contributed by atoms with Crippen LogP contribution in [-0.4, -0.2) is 34.6 Å². The first-order chi connectivity index (χ1) is 9.78. The Hall–Kier alpha value is -0.450. The number of piperazine rings is 1. The summed E-state index contributed by atoms with van der Waals surface area (Å²) in [5.74, 6) is 0. The second-order valence-corrected chi connectivity index (χ2v) is 8.54. The van der Waals surface area contributed by atoms with Crippen LogP contribution < -0.4 is 5.32 Å². The summed E-state index contributed by atoms with van der Waals surface area (Å²) >= 11 is 1.82. The van der Waals surface area contributed by atoms with Crippen molar-refractivity contribution in [3.8, 4) is 0 Å². The molecule has 2 rings (SSSR count). The van der Waals surface area contributed by atoms with E-state index in [-0.39, 0.29) is 11.0 Å². The Labute approximate surface area is 134 Å². The van der Waals surface area contributed by atoms with E-state index >= 15 is 0 Å². The Morgan fingerprint density at radius 1 is 1.43 bits per heavy atom. The Morgan fingerprint density at radius 3 is 2.67 bits per heavy atom. The Kier molecular flexibility index (Phi) is 5.11. The van der Waals surface area contributed by atoms with Crippen molar-refractivity contribution in [1.29, 1.82) is 0 Å². The van der Waals surface area contributed by atoms with Crippen LogP contribution in [0.15, 0.2) is 5.38 Å². The van der Waals surface area contributed by atoms with Crippen LogP contribution in [0.2, 0.25) is 0 Å². The van der Waals surface area contributed by atoms with Crippen LogP contribution in [0.25, 0.3) is 0 Å². The molecule has 1 aliphatic heterocycles. The first-order valence-corrected chi connectivity index (χ1v) is 9.10. The standard InChI is InChI=1S/C17H31N3S/c1-7-13-9-20(17(6,8-2)12-18-13)10-15-19-14(11-21-15)16(3,4)5/h11,13,18H,7-10,12H2,1-6H3. The minimum absolute atomic E-state index is 0.151. The maximum absolute atomic E-state index is 4.88. The Morgan fingerprint density at radius 2 is 2.14 bits per heavy atom. The van der Waals surface area contributed by atoms with Crippen molar-refractivity contribution >= 4 is 11.3 Å². The van der Waals surface area contributed by atoms with Gasteiger partial charge in [-0.3, -0.25) is 4.90 Å². The molecule has 4 heteroatoms. The fraction of sp³-hybridized carbons (Fsp3) is 0.824. The molecule has 1 aromatic heterocycles. The molecule has 0 spiro atoms. The lowest BCUT2D eigenvalue weighted by Gasteiger charge is -2.47. The third-order valence-electron chi connectivity index (χ3n) is 4.88. The molecule has 0 aromatic carbocycles. The van der Waals surface area contributed by atoms with Gasteiger partial charge in [-0.25, -0.2) is 4.98 Å². The molecule has 1 N–H and O–H groups in total. The number of rotatable bonds is 4. The van der Waals surface area contributed by atoms with E-state index in [4.69, 9.17) is 4.98 Å². The van der Waals surface area contributed by atoms with Crippen molar-refractivity contribution in [2.24, 2.45) is 0 Å². The molecule has 2 heterocycles. The molecule has 0 amide bonds. The van der Waals surface area contributed by atoms with E-state index in [2.05, 4.69) is 57.1 Å². The zero-order valence-electron chi connectivity index (χ0n) is 14.5. The van der Waals surface area contributed by atoms with Crippen molar-refractivity contribution in [3.63, 3.8) is 0 Å². The molecule has 0 radical (unpaired) electrons. The van der Waals surface area contributed by atoms with Gasteiger partial charge in [-0.15, -0.1) is 11.3 Å². The quantitative estimate of drug-likeness (QED) is 0.917. The molecule has 0 aliphatic carbocycles. The number of hydrogen-bond donors (Lipinski definition) is 1. The molecular weight excluding hydrogens is 278 g/mol. The molecule has 0 saturated carbocycles. The number of aromatic nitrogens is 1. The molecule has 3 nitrogen and oxygen atoms in total. The minimum Gasteiger partial charge on any atom is -0.311 e. The largest absolute Gasteiger partial charge is 0.311 e. The van der Waals surface area contributed by atoms with Crippen molar-refractivity contribution in [2.75, 3.05) is 13.1 Å². The summed E-state index contributed by atoms with van der Waals surface area (Å²) < 4.78 is 0. The van der Waals surface area contributed by atoms with Crippen molar-refractivity contribution in [1.82, 2.24) is 15.2 Å². The second-order valence-electron chi connectivity index (χ2n) is 7.59. The molecule has 2 atom stereocenters. The zero-order valence-corrected chi connectivity index (χ0v) is 15.3. The van der Waals surface area contributed by atoms with Crippen molar-refractivity contribution < 1.29 is 0 Å². The van der Waals surface area contributed by atoms with Crippen LogP contribution in [0.3, 0.4) is 0 Å². The monoisotopic (exact) mass is 309 g/mol. The van der Waals surface area contributed by atoms with Crippen molar-refractivity contribution in [2.45, 2.75) is 77.9 Å². The average molecular weight is 310 g/mol. The third-order valence-corrected chi connectivity index (χ3v) is 5.71. The van der Waals surface area contributed by atoms with Crippen LogP contribution in [0.4, 0.5) is 0 Å². The van der Waals surface area contributed by atoms with Crippen LogP contribution in [0.1, 0.15) is 65.1 Å². The van der Waals surface area contributed by atoms with Gasteiger partial charge in [0.15, 0.2) is 0 Å². The predicted molar refractivity (Wildman–Crippen MR) is 92.0 cm³/mol. The summed E-state index contributed by atoms with van der Waals surface area (Å²) in [7, 11) is 0. The number of thiazole rings is 1. The summed E-state index contributed by atoms with van der Waals surface area (Å²) in [6.45, 7) is 16.9. The van der Waals surface area contributed by atoms with Gasteiger partial charge in [0.2, 0.25) is 0 Å². The highest BCUT2D eigenvalue weighted by atomic mass is 32.1. The first kappa shape index (κ1) is 16.9. The van der Waals surface area contributed by atoms with Gasteiger partial charge < -0.3 is 5.32 Å². The highest BCUT2D eigenvalue weighted by Crippen LogP contribution is 2.29. The normalized spacial score (nSPS) is 28.0. The summed E-state index contributed by atoms with van der Waals surface area (Å²) in [5.41, 5.74) is 1.63. The van der Waals surface area contributed by atoms with Gasteiger partial charge in [0.1, 0.15) is 5.01 Å². The van der Waals surface area contributed by atoms with E-state index in [9.17, 15) is 0 Å². The topological polar surface area (TPSA) is 28.2 Å². The van der Waals surface area contributed by atoms with E-state index in [0.717, 1.165) is 19.6 Å². The first-order valence-electron chi connectivity index (χ1n) is 8.22. The number of nitrogens with zero attached hydrogens (tertiary/aromatic N) is 2. The molecule has 21 heavy (non-hydrogen) atoms. The van der Waals surface area contributed by atoms with E-state index in [1.807, 2.05) is 11.3 Å². The van der Waals surface area contributed by atoms with Gasteiger partial charge in [0.25, 0.3) is 0 Å². The highest BCUT2D eigenvalue weighted by Gasteiger charge is 2.36. The zero-order chi connectivity index (χ0) is 15.7. The number of hydrogen-bond acceptors (Lipinski definition) is 4. The van der Waals surface area contributed by atoms with Crippen LogP contribution in [0.5, 0.6) is 0 Å². The van der Waals surface area contributed by atoms with E-state index < -0.39 is 0 Å². The summed E-state index contributed by atoms with van der Waals surface area (Å²) in [5, 5.41) is 7.19. The lowest BCUT2D eigenvalue weighted by molar-refractivity contribution is 0.0407. The average Bonchev–Trinajstić information content (AvgIpc) is 2.90. The molecule has 120 valence electrons. The SMILES string of the molecule is CCC1CN(Cc2nc(C(C)(C)C)cs2)C(C)(CC)CN1.